The minimum absolute atomic E-state index is 0.114. The standard InChI is InChI=1S/C18H26O4/c1-7-21-17(20-6)22-16-9-8-14(13(2)10-11-19)12-15(16)18(3,4)5/h8-12,17H,7H2,1-6H3. The van der Waals surface area contributed by atoms with Crippen LogP contribution < -0.4 is 4.74 Å². The van der Waals surface area contributed by atoms with Gasteiger partial charge in [0.15, 0.2) is 0 Å². The zero-order chi connectivity index (χ0) is 16.8. The van der Waals surface area contributed by atoms with Crippen LogP contribution in [0.2, 0.25) is 0 Å². The highest BCUT2D eigenvalue weighted by Crippen LogP contribution is 2.34. The molecule has 0 aliphatic rings. The predicted octanol–water partition coefficient (Wildman–Crippen LogP) is 3.93. The largest absolute Gasteiger partial charge is 0.441 e. The Labute approximate surface area is 133 Å². The van der Waals surface area contributed by atoms with Gasteiger partial charge in [0, 0.05) is 12.7 Å². The third-order valence-electron chi connectivity index (χ3n) is 3.28. The number of rotatable bonds is 7. The summed E-state index contributed by atoms with van der Waals surface area (Å²) in [6, 6.07) is 5.87. The van der Waals surface area contributed by atoms with Crippen LogP contribution in [0.15, 0.2) is 24.3 Å². The number of hydrogen-bond donors (Lipinski definition) is 0. The Balaban J connectivity index is 3.22. The second-order valence-corrected chi connectivity index (χ2v) is 6.04. The summed E-state index contributed by atoms with van der Waals surface area (Å²) >= 11 is 0. The maximum absolute atomic E-state index is 10.7. The third-order valence-corrected chi connectivity index (χ3v) is 3.28. The lowest BCUT2D eigenvalue weighted by atomic mass is 9.84. The average Bonchev–Trinajstić information content (AvgIpc) is 2.46. The third kappa shape index (κ3) is 4.97. The van der Waals surface area contributed by atoms with Gasteiger partial charge in [0.2, 0.25) is 0 Å². The van der Waals surface area contributed by atoms with E-state index in [4.69, 9.17) is 14.2 Å². The van der Waals surface area contributed by atoms with E-state index in [-0.39, 0.29) is 5.41 Å². The van der Waals surface area contributed by atoms with Gasteiger partial charge in [-0.3, -0.25) is 4.79 Å². The molecular weight excluding hydrogens is 280 g/mol. The minimum Gasteiger partial charge on any atom is -0.441 e. The molecule has 0 aromatic heterocycles. The van der Waals surface area contributed by atoms with Crippen molar-refractivity contribution in [1.82, 2.24) is 0 Å². The minimum atomic E-state index is -0.733. The fraction of sp³-hybridized carbons (Fsp3) is 0.500. The fourth-order valence-corrected chi connectivity index (χ4v) is 2.05. The van der Waals surface area contributed by atoms with Gasteiger partial charge in [-0.15, -0.1) is 0 Å². The van der Waals surface area contributed by atoms with Crippen molar-refractivity contribution in [3.8, 4) is 5.75 Å². The predicted molar refractivity (Wildman–Crippen MR) is 87.9 cm³/mol. The molecule has 1 unspecified atom stereocenters. The summed E-state index contributed by atoms with van der Waals surface area (Å²) in [5, 5.41) is 0. The summed E-state index contributed by atoms with van der Waals surface area (Å²) in [6.45, 7) is 9.90. The van der Waals surface area contributed by atoms with Crippen molar-refractivity contribution in [3.63, 3.8) is 0 Å². The molecule has 122 valence electrons. The molecule has 0 aliphatic heterocycles. The summed E-state index contributed by atoms with van der Waals surface area (Å²) in [7, 11) is 1.54. The molecule has 0 aliphatic carbocycles. The number of allylic oxidation sites excluding steroid dienone is 2. The van der Waals surface area contributed by atoms with Gasteiger partial charge >= 0.3 is 6.48 Å². The summed E-state index contributed by atoms with van der Waals surface area (Å²) in [4.78, 5) is 10.7. The van der Waals surface area contributed by atoms with Gasteiger partial charge in [-0.1, -0.05) is 26.8 Å². The summed E-state index contributed by atoms with van der Waals surface area (Å²) in [5.74, 6) is 0.718. The molecule has 0 bridgehead atoms. The second kappa shape index (κ2) is 8.11. The van der Waals surface area contributed by atoms with E-state index in [2.05, 4.69) is 20.8 Å². The summed E-state index contributed by atoms with van der Waals surface area (Å²) in [5.41, 5.74) is 2.83. The van der Waals surface area contributed by atoms with E-state index < -0.39 is 6.48 Å². The molecule has 22 heavy (non-hydrogen) atoms. The zero-order valence-electron chi connectivity index (χ0n) is 14.3. The number of benzene rings is 1. The molecular formula is C18H26O4. The summed E-state index contributed by atoms with van der Waals surface area (Å²) < 4.78 is 16.4. The van der Waals surface area contributed by atoms with Crippen molar-refractivity contribution in [2.24, 2.45) is 0 Å². The van der Waals surface area contributed by atoms with Crippen LogP contribution >= 0.6 is 0 Å². The van der Waals surface area contributed by atoms with E-state index in [9.17, 15) is 4.79 Å². The van der Waals surface area contributed by atoms with Crippen LogP contribution in [0.1, 0.15) is 45.7 Å². The molecule has 0 N–H and O–H groups in total. The van der Waals surface area contributed by atoms with Gasteiger partial charge < -0.3 is 14.2 Å². The molecule has 4 heteroatoms. The molecule has 1 aromatic rings. The van der Waals surface area contributed by atoms with Crippen molar-refractivity contribution in [1.29, 1.82) is 0 Å². The Morgan fingerprint density at radius 2 is 2.00 bits per heavy atom. The lowest BCUT2D eigenvalue weighted by Gasteiger charge is -2.26. The number of ether oxygens (including phenoxy) is 3. The van der Waals surface area contributed by atoms with Crippen LogP contribution in [-0.4, -0.2) is 26.5 Å². The highest BCUT2D eigenvalue weighted by molar-refractivity contribution is 5.81. The van der Waals surface area contributed by atoms with E-state index in [0.29, 0.717) is 6.61 Å². The van der Waals surface area contributed by atoms with Gasteiger partial charge in [-0.05, 0) is 48.6 Å². The van der Waals surface area contributed by atoms with Crippen molar-refractivity contribution in [3.05, 3.63) is 35.4 Å². The van der Waals surface area contributed by atoms with E-state index in [1.54, 1.807) is 13.2 Å². The Morgan fingerprint density at radius 3 is 2.50 bits per heavy atom. The first kappa shape index (κ1) is 18.4. The van der Waals surface area contributed by atoms with Crippen molar-refractivity contribution in [2.75, 3.05) is 13.7 Å². The normalized spacial score (nSPS) is 13.8. The van der Waals surface area contributed by atoms with Gasteiger partial charge in [0.05, 0.1) is 6.61 Å². The molecule has 0 saturated heterocycles. The number of methoxy groups -OCH3 is 1. The van der Waals surface area contributed by atoms with Crippen LogP contribution in [0.5, 0.6) is 5.75 Å². The Bertz CT molecular complexity index is 526. The first-order valence-electron chi connectivity index (χ1n) is 7.41. The number of hydrogen-bond acceptors (Lipinski definition) is 4. The van der Waals surface area contributed by atoms with Gasteiger partial charge in [-0.2, -0.15) is 0 Å². The van der Waals surface area contributed by atoms with E-state index >= 15 is 0 Å². The number of carbonyl (C=O) groups is 1. The van der Waals surface area contributed by atoms with Crippen LogP contribution in [0.3, 0.4) is 0 Å². The first-order chi connectivity index (χ1) is 10.3. The van der Waals surface area contributed by atoms with Gasteiger partial charge in [-0.25, -0.2) is 0 Å². The molecule has 0 heterocycles. The molecule has 4 nitrogen and oxygen atoms in total. The number of carbonyl (C=O) groups excluding carboxylic acids is 1. The van der Waals surface area contributed by atoms with Crippen molar-refractivity contribution in [2.45, 2.75) is 46.5 Å². The van der Waals surface area contributed by atoms with E-state index in [1.807, 2.05) is 32.0 Å². The average molecular weight is 306 g/mol. The quantitative estimate of drug-likeness (QED) is 0.435. The maximum atomic E-state index is 10.7. The van der Waals surface area contributed by atoms with E-state index in [0.717, 1.165) is 28.7 Å². The van der Waals surface area contributed by atoms with Crippen molar-refractivity contribution >= 4 is 11.9 Å². The maximum Gasteiger partial charge on any atom is 0.315 e. The number of aldehydes is 1. The molecule has 0 spiro atoms. The van der Waals surface area contributed by atoms with Crippen LogP contribution in [0.25, 0.3) is 5.57 Å². The lowest BCUT2D eigenvalue weighted by Crippen LogP contribution is -2.24. The molecule has 0 fully saturated rings. The highest BCUT2D eigenvalue weighted by Gasteiger charge is 2.22. The Morgan fingerprint density at radius 1 is 1.32 bits per heavy atom. The van der Waals surface area contributed by atoms with Crippen LogP contribution in [0, 0.1) is 0 Å². The Kier molecular flexibility index (Phi) is 6.78. The molecule has 0 saturated carbocycles. The van der Waals surface area contributed by atoms with Gasteiger partial charge in [0.25, 0.3) is 0 Å². The molecule has 0 amide bonds. The fourth-order valence-electron chi connectivity index (χ4n) is 2.05. The topological polar surface area (TPSA) is 44.8 Å². The van der Waals surface area contributed by atoms with E-state index in [1.165, 1.54) is 0 Å². The monoisotopic (exact) mass is 306 g/mol. The molecule has 1 rings (SSSR count). The van der Waals surface area contributed by atoms with Gasteiger partial charge in [0.1, 0.15) is 12.0 Å². The van der Waals surface area contributed by atoms with Crippen LogP contribution in [-0.2, 0) is 19.7 Å². The van der Waals surface area contributed by atoms with Crippen LogP contribution in [0.4, 0.5) is 0 Å². The highest BCUT2D eigenvalue weighted by atomic mass is 16.8. The zero-order valence-corrected chi connectivity index (χ0v) is 14.3. The summed E-state index contributed by atoms with van der Waals surface area (Å²) in [6.07, 6.45) is 2.35. The molecule has 1 atom stereocenters. The Hall–Kier alpha value is -1.65. The first-order valence-corrected chi connectivity index (χ1v) is 7.41. The smallest absolute Gasteiger partial charge is 0.315 e. The van der Waals surface area contributed by atoms with Crippen molar-refractivity contribution < 1.29 is 19.0 Å². The lowest BCUT2D eigenvalue weighted by molar-refractivity contribution is -0.231. The second-order valence-electron chi connectivity index (χ2n) is 6.04. The molecule has 1 aromatic carbocycles. The molecule has 0 radical (unpaired) electrons. The SMILES string of the molecule is CCOC(OC)Oc1ccc(C(C)=CC=O)cc1C(C)(C)C.